The van der Waals surface area contributed by atoms with Gasteiger partial charge in [-0.2, -0.15) is 5.26 Å². The Morgan fingerprint density at radius 1 is 1.15 bits per heavy atom. The molecule has 98 valence electrons. The van der Waals surface area contributed by atoms with Crippen LogP contribution >= 0.6 is 31.9 Å². The summed E-state index contributed by atoms with van der Waals surface area (Å²) in [5.41, 5.74) is 3.69. The van der Waals surface area contributed by atoms with Crippen molar-refractivity contribution in [2.45, 2.75) is 3.74 Å². The SMILES string of the molecule is N#Cc1cc(C(Br)Br)c2oc(-c3ccccc3)nc2c1. The van der Waals surface area contributed by atoms with Crippen LogP contribution in [0.2, 0.25) is 0 Å². The third-order valence-corrected chi connectivity index (χ3v) is 3.89. The molecule has 0 bridgehead atoms. The zero-order chi connectivity index (χ0) is 14.1. The summed E-state index contributed by atoms with van der Waals surface area (Å²) in [6.07, 6.45) is 0. The lowest BCUT2D eigenvalue weighted by atomic mass is 10.1. The molecule has 3 nitrogen and oxygen atoms in total. The summed E-state index contributed by atoms with van der Waals surface area (Å²) < 4.78 is 5.77. The third-order valence-electron chi connectivity index (χ3n) is 2.90. The number of rotatable bonds is 2. The van der Waals surface area contributed by atoms with Crippen molar-refractivity contribution in [1.82, 2.24) is 4.98 Å². The summed E-state index contributed by atoms with van der Waals surface area (Å²) in [6.45, 7) is 0. The number of nitriles is 1. The monoisotopic (exact) mass is 390 g/mol. The number of fused-ring (bicyclic) bond motifs is 1. The van der Waals surface area contributed by atoms with Crippen LogP contribution in [0.3, 0.4) is 0 Å². The van der Waals surface area contributed by atoms with E-state index in [0.717, 1.165) is 11.1 Å². The lowest BCUT2D eigenvalue weighted by Gasteiger charge is -2.02. The van der Waals surface area contributed by atoms with Crippen molar-refractivity contribution in [3.8, 4) is 17.5 Å². The molecule has 0 amide bonds. The fourth-order valence-electron chi connectivity index (χ4n) is 1.99. The van der Waals surface area contributed by atoms with Crippen LogP contribution in [-0.4, -0.2) is 4.98 Å². The van der Waals surface area contributed by atoms with Gasteiger partial charge < -0.3 is 4.42 Å². The number of oxazole rings is 1. The minimum Gasteiger partial charge on any atom is -0.436 e. The van der Waals surface area contributed by atoms with E-state index in [2.05, 4.69) is 42.9 Å². The second kappa shape index (κ2) is 5.39. The quantitative estimate of drug-likeness (QED) is 0.567. The smallest absolute Gasteiger partial charge is 0.227 e. The minimum atomic E-state index is -0.0950. The molecule has 2 aromatic carbocycles. The molecule has 0 aliphatic carbocycles. The van der Waals surface area contributed by atoms with Gasteiger partial charge in [-0.3, -0.25) is 0 Å². The summed E-state index contributed by atoms with van der Waals surface area (Å²) in [7, 11) is 0. The molecule has 0 saturated carbocycles. The highest BCUT2D eigenvalue weighted by atomic mass is 79.9. The van der Waals surface area contributed by atoms with Crippen LogP contribution in [0, 0.1) is 11.3 Å². The van der Waals surface area contributed by atoms with Gasteiger partial charge in [0, 0.05) is 11.1 Å². The maximum absolute atomic E-state index is 9.09. The average molecular weight is 392 g/mol. The van der Waals surface area contributed by atoms with Gasteiger partial charge in [0.05, 0.1) is 15.4 Å². The van der Waals surface area contributed by atoms with Crippen LogP contribution < -0.4 is 0 Å². The molecule has 0 saturated heterocycles. The highest BCUT2D eigenvalue weighted by Crippen LogP contribution is 2.37. The van der Waals surface area contributed by atoms with Crippen molar-refractivity contribution < 1.29 is 4.42 Å². The molecule has 0 atom stereocenters. The van der Waals surface area contributed by atoms with Crippen LogP contribution in [0.5, 0.6) is 0 Å². The minimum absolute atomic E-state index is 0.0950. The first-order valence-electron chi connectivity index (χ1n) is 5.87. The Labute approximate surface area is 132 Å². The normalized spacial score (nSPS) is 10.9. The van der Waals surface area contributed by atoms with E-state index < -0.39 is 0 Å². The number of hydrogen-bond acceptors (Lipinski definition) is 3. The molecule has 0 aliphatic rings. The summed E-state index contributed by atoms with van der Waals surface area (Å²) in [6, 6.07) is 15.4. The molecule has 1 heterocycles. The zero-order valence-electron chi connectivity index (χ0n) is 10.2. The van der Waals surface area contributed by atoms with Gasteiger partial charge >= 0.3 is 0 Å². The number of benzene rings is 2. The van der Waals surface area contributed by atoms with E-state index in [1.165, 1.54) is 0 Å². The number of hydrogen-bond donors (Lipinski definition) is 0. The maximum atomic E-state index is 9.09. The Morgan fingerprint density at radius 2 is 1.90 bits per heavy atom. The van der Waals surface area contributed by atoms with Crippen LogP contribution in [0.1, 0.15) is 14.9 Å². The zero-order valence-corrected chi connectivity index (χ0v) is 13.3. The molecular formula is C15H8Br2N2O. The van der Waals surface area contributed by atoms with Gasteiger partial charge in [0.25, 0.3) is 0 Å². The van der Waals surface area contributed by atoms with E-state index in [-0.39, 0.29) is 3.74 Å². The molecule has 5 heteroatoms. The highest BCUT2D eigenvalue weighted by Gasteiger charge is 2.16. The summed E-state index contributed by atoms with van der Waals surface area (Å²) >= 11 is 6.90. The van der Waals surface area contributed by atoms with Crippen molar-refractivity contribution in [3.05, 3.63) is 53.6 Å². The molecule has 0 spiro atoms. The van der Waals surface area contributed by atoms with Crippen molar-refractivity contribution >= 4 is 43.0 Å². The van der Waals surface area contributed by atoms with Gasteiger partial charge in [0.15, 0.2) is 5.58 Å². The standard InChI is InChI=1S/C15H8Br2N2O/c16-14(17)11-6-9(8-18)7-12-13(11)20-15(19-12)10-4-2-1-3-5-10/h1-7,14H. The third kappa shape index (κ3) is 2.37. The summed E-state index contributed by atoms with van der Waals surface area (Å²) in [5, 5.41) is 9.09. The first kappa shape index (κ1) is 13.3. The Balaban J connectivity index is 2.25. The number of alkyl halides is 2. The van der Waals surface area contributed by atoms with E-state index in [9.17, 15) is 0 Å². The van der Waals surface area contributed by atoms with E-state index in [1.54, 1.807) is 12.1 Å². The molecule has 3 aromatic rings. The van der Waals surface area contributed by atoms with Crippen molar-refractivity contribution in [3.63, 3.8) is 0 Å². The van der Waals surface area contributed by atoms with Crippen LogP contribution in [0.25, 0.3) is 22.6 Å². The lowest BCUT2D eigenvalue weighted by Crippen LogP contribution is -1.85. The number of nitrogens with zero attached hydrogens (tertiary/aromatic N) is 2. The predicted octanol–water partition coefficient (Wildman–Crippen LogP) is 5.15. The molecule has 0 unspecified atom stereocenters. The molecule has 0 fully saturated rings. The molecule has 0 N–H and O–H groups in total. The van der Waals surface area contributed by atoms with Gasteiger partial charge in [-0.1, -0.05) is 50.1 Å². The second-order valence-electron chi connectivity index (χ2n) is 4.21. The average Bonchev–Trinajstić information content (AvgIpc) is 2.90. The number of halogens is 2. The predicted molar refractivity (Wildman–Crippen MR) is 84.8 cm³/mol. The Hall–Kier alpha value is -1.64. The van der Waals surface area contributed by atoms with Crippen molar-refractivity contribution in [2.75, 3.05) is 0 Å². The molecule has 0 aliphatic heterocycles. The highest BCUT2D eigenvalue weighted by molar-refractivity contribution is 9.24. The maximum Gasteiger partial charge on any atom is 0.227 e. The van der Waals surface area contributed by atoms with E-state index in [1.807, 2.05) is 30.3 Å². The van der Waals surface area contributed by atoms with E-state index in [4.69, 9.17) is 9.68 Å². The molecular weight excluding hydrogens is 384 g/mol. The Kier molecular flexibility index (Phi) is 3.60. The van der Waals surface area contributed by atoms with Gasteiger partial charge in [-0.05, 0) is 24.3 Å². The lowest BCUT2D eigenvalue weighted by molar-refractivity contribution is 0.617. The first-order chi connectivity index (χ1) is 9.69. The second-order valence-corrected chi connectivity index (χ2v) is 7.27. The van der Waals surface area contributed by atoms with Gasteiger partial charge in [-0.15, -0.1) is 0 Å². The van der Waals surface area contributed by atoms with E-state index in [0.29, 0.717) is 22.6 Å². The van der Waals surface area contributed by atoms with Gasteiger partial charge in [0.1, 0.15) is 5.52 Å². The van der Waals surface area contributed by atoms with Crippen molar-refractivity contribution in [2.24, 2.45) is 0 Å². The molecule has 0 radical (unpaired) electrons. The van der Waals surface area contributed by atoms with Gasteiger partial charge in [-0.25, -0.2) is 4.98 Å². The topological polar surface area (TPSA) is 49.8 Å². The van der Waals surface area contributed by atoms with Crippen molar-refractivity contribution in [1.29, 1.82) is 5.26 Å². The van der Waals surface area contributed by atoms with Gasteiger partial charge in [0.2, 0.25) is 5.89 Å². The number of aromatic nitrogens is 1. The molecule has 3 rings (SSSR count). The van der Waals surface area contributed by atoms with Crippen LogP contribution in [-0.2, 0) is 0 Å². The Morgan fingerprint density at radius 3 is 2.55 bits per heavy atom. The fourth-order valence-corrected chi connectivity index (χ4v) is 2.67. The summed E-state index contributed by atoms with van der Waals surface area (Å²) in [4.78, 5) is 4.48. The first-order valence-corrected chi connectivity index (χ1v) is 7.70. The van der Waals surface area contributed by atoms with E-state index >= 15 is 0 Å². The molecule has 1 aromatic heterocycles. The largest absolute Gasteiger partial charge is 0.436 e. The summed E-state index contributed by atoms with van der Waals surface area (Å²) in [5.74, 6) is 0.553. The molecule has 20 heavy (non-hydrogen) atoms. The Bertz CT molecular complexity index is 804. The fraction of sp³-hybridized carbons (Fsp3) is 0.0667. The van der Waals surface area contributed by atoms with Crippen LogP contribution in [0.4, 0.5) is 0 Å². The van der Waals surface area contributed by atoms with Crippen LogP contribution in [0.15, 0.2) is 46.9 Å².